The van der Waals surface area contributed by atoms with Crippen LogP contribution >= 0.6 is 0 Å². The number of nitrogens with two attached hydrogens (primary N) is 1. The molecule has 0 radical (unpaired) electrons. The van der Waals surface area contributed by atoms with E-state index in [-0.39, 0.29) is 6.09 Å². The summed E-state index contributed by atoms with van der Waals surface area (Å²) in [5.74, 6) is 0. The molecule has 1 aliphatic rings. The first-order valence-corrected chi connectivity index (χ1v) is 6.34. The van der Waals surface area contributed by atoms with Crippen LogP contribution in [0.15, 0.2) is 0 Å². The lowest BCUT2D eigenvalue weighted by molar-refractivity contribution is 0.0999. The number of methoxy groups -OCH3 is 1. The molecule has 0 heterocycles. The SMILES string of the molecule is COC(=O)N(CCCN)C1CCCCCC1. The summed E-state index contributed by atoms with van der Waals surface area (Å²) in [5.41, 5.74) is 5.50. The first kappa shape index (κ1) is 13.3. The predicted octanol–water partition coefficient (Wildman–Crippen LogP) is 2.13. The van der Waals surface area contributed by atoms with E-state index in [4.69, 9.17) is 10.5 Å². The molecular formula is C12H24N2O2. The summed E-state index contributed by atoms with van der Waals surface area (Å²) >= 11 is 0. The highest BCUT2D eigenvalue weighted by Gasteiger charge is 2.24. The molecule has 0 aromatic rings. The Labute approximate surface area is 98.1 Å². The number of rotatable bonds is 4. The van der Waals surface area contributed by atoms with Crippen molar-refractivity contribution in [3.8, 4) is 0 Å². The van der Waals surface area contributed by atoms with Gasteiger partial charge in [0.05, 0.1) is 7.11 Å². The highest BCUT2D eigenvalue weighted by molar-refractivity contribution is 5.67. The zero-order chi connectivity index (χ0) is 11.8. The van der Waals surface area contributed by atoms with Crippen LogP contribution in [-0.2, 0) is 4.74 Å². The van der Waals surface area contributed by atoms with E-state index < -0.39 is 0 Å². The Kier molecular flexibility index (Phi) is 6.23. The number of amides is 1. The molecule has 4 nitrogen and oxygen atoms in total. The summed E-state index contributed by atoms with van der Waals surface area (Å²) in [5, 5.41) is 0. The predicted molar refractivity (Wildman–Crippen MR) is 64.3 cm³/mol. The fourth-order valence-corrected chi connectivity index (χ4v) is 2.37. The smallest absolute Gasteiger partial charge is 0.409 e. The number of carbonyl (C=O) groups excluding carboxylic acids is 1. The van der Waals surface area contributed by atoms with Gasteiger partial charge in [-0.15, -0.1) is 0 Å². The Balaban J connectivity index is 2.54. The maximum absolute atomic E-state index is 11.7. The molecule has 0 spiro atoms. The minimum Gasteiger partial charge on any atom is -0.453 e. The van der Waals surface area contributed by atoms with Gasteiger partial charge in [-0.05, 0) is 25.8 Å². The molecular weight excluding hydrogens is 204 g/mol. The van der Waals surface area contributed by atoms with Gasteiger partial charge in [0, 0.05) is 12.6 Å². The molecule has 0 unspecified atom stereocenters. The third-order valence-electron chi connectivity index (χ3n) is 3.28. The van der Waals surface area contributed by atoms with E-state index in [0.717, 1.165) is 25.8 Å². The summed E-state index contributed by atoms with van der Waals surface area (Å²) < 4.78 is 4.85. The topological polar surface area (TPSA) is 55.6 Å². The van der Waals surface area contributed by atoms with Crippen molar-refractivity contribution in [2.24, 2.45) is 5.73 Å². The molecule has 16 heavy (non-hydrogen) atoms. The third kappa shape index (κ3) is 4.00. The van der Waals surface area contributed by atoms with Crippen molar-refractivity contribution in [2.75, 3.05) is 20.2 Å². The number of hydrogen-bond acceptors (Lipinski definition) is 3. The van der Waals surface area contributed by atoms with Gasteiger partial charge in [-0.3, -0.25) is 0 Å². The first-order chi connectivity index (χ1) is 7.79. The summed E-state index contributed by atoms with van der Waals surface area (Å²) in [4.78, 5) is 13.6. The van der Waals surface area contributed by atoms with Gasteiger partial charge >= 0.3 is 6.09 Å². The van der Waals surface area contributed by atoms with Gasteiger partial charge in [0.2, 0.25) is 0 Å². The van der Waals surface area contributed by atoms with Crippen molar-refractivity contribution in [3.63, 3.8) is 0 Å². The quantitative estimate of drug-likeness (QED) is 0.750. The summed E-state index contributed by atoms with van der Waals surface area (Å²) in [6.45, 7) is 1.36. The van der Waals surface area contributed by atoms with Gasteiger partial charge in [0.15, 0.2) is 0 Å². The minimum absolute atomic E-state index is 0.194. The molecule has 2 N–H and O–H groups in total. The van der Waals surface area contributed by atoms with Crippen molar-refractivity contribution >= 4 is 6.09 Å². The largest absolute Gasteiger partial charge is 0.453 e. The van der Waals surface area contributed by atoms with Crippen molar-refractivity contribution in [2.45, 2.75) is 51.0 Å². The van der Waals surface area contributed by atoms with E-state index in [1.165, 1.54) is 32.8 Å². The van der Waals surface area contributed by atoms with E-state index in [2.05, 4.69) is 0 Å². The van der Waals surface area contributed by atoms with Crippen LogP contribution in [-0.4, -0.2) is 37.2 Å². The molecule has 1 rings (SSSR count). The average Bonchev–Trinajstić information content (AvgIpc) is 2.58. The van der Waals surface area contributed by atoms with Crippen molar-refractivity contribution < 1.29 is 9.53 Å². The third-order valence-corrected chi connectivity index (χ3v) is 3.28. The van der Waals surface area contributed by atoms with E-state index in [1.54, 1.807) is 0 Å². The highest BCUT2D eigenvalue weighted by Crippen LogP contribution is 2.22. The van der Waals surface area contributed by atoms with Crippen molar-refractivity contribution in [1.29, 1.82) is 0 Å². The molecule has 1 saturated carbocycles. The molecule has 0 atom stereocenters. The fourth-order valence-electron chi connectivity index (χ4n) is 2.37. The first-order valence-electron chi connectivity index (χ1n) is 6.34. The Morgan fingerprint density at radius 1 is 1.31 bits per heavy atom. The second kappa shape index (κ2) is 7.49. The summed E-state index contributed by atoms with van der Waals surface area (Å²) in [6.07, 6.45) is 7.91. The van der Waals surface area contributed by atoms with Gasteiger partial charge in [-0.25, -0.2) is 4.79 Å². The van der Waals surface area contributed by atoms with Gasteiger partial charge in [0.25, 0.3) is 0 Å². The molecule has 0 bridgehead atoms. The lowest BCUT2D eigenvalue weighted by atomic mass is 10.1. The Morgan fingerprint density at radius 3 is 2.44 bits per heavy atom. The second-order valence-corrected chi connectivity index (χ2v) is 4.45. The van der Waals surface area contributed by atoms with Gasteiger partial charge < -0.3 is 15.4 Å². The monoisotopic (exact) mass is 228 g/mol. The van der Waals surface area contributed by atoms with Crippen LogP contribution in [0.1, 0.15) is 44.9 Å². The van der Waals surface area contributed by atoms with Crippen LogP contribution in [0.3, 0.4) is 0 Å². The highest BCUT2D eigenvalue weighted by atomic mass is 16.5. The number of carbonyl (C=O) groups is 1. The molecule has 0 saturated heterocycles. The fraction of sp³-hybridized carbons (Fsp3) is 0.917. The molecule has 94 valence electrons. The standard InChI is InChI=1S/C12H24N2O2/c1-16-12(15)14(10-6-9-13)11-7-4-2-3-5-8-11/h11H,2-10,13H2,1H3. The zero-order valence-corrected chi connectivity index (χ0v) is 10.3. The summed E-state index contributed by atoms with van der Waals surface area (Å²) in [6, 6.07) is 0.362. The second-order valence-electron chi connectivity index (χ2n) is 4.45. The van der Waals surface area contributed by atoms with E-state index in [0.29, 0.717) is 12.6 Å². The molecule has 0 aromatic heterocycles. The maximum atomic E-state index is 11.7. The van der Waals surface area contributed by atoms with E-state index >= 15 is 0 Å². The normalized spacial score (nSPS) is 17.9. The lowest BCUT2D eigenvalue weighted by Crippen LogP contribution is -2.41. The van der Waals surface area contributed by atoms with Crippen LogP contribution in [0.5, 0.6) is 0 Å². The number of nitrogens with zero attached hydrogens (tertiary/aromatic N) is 1. The molecule has 1 aliphatic carbocycles. The van der Waals surface area contributed by atoms with Crippen LogP contribution in [0.2, 0.25) is 0 Å². The maximum Gasteiger partial charge on any atom is 0.409 e. The molecule has 0 aromatic carbocycles. The van der Waals surface area contributed by atoms with Crippen LogP contribution in [0, 0.1) is 0 Å². The Hall–Kier alpha value is -0.770. The van der Waals surface area contributed by atoms with E-state index in [1.807, 2.05) is 4.90 Å². The van der Waals surface area contributed by atoms with Crippen molar-refractivity contribution in [1.82, 2.24) is 4.90 Å². The Morgan fingerprint density at radius 2 is 1.94 bits per heavy atom. The average molecular weight is 228 g/mol. The van der Waals surface area contributed by atoms with Gasteiger partial charge in [0.1, 0.15) is 0 Å². The lowest BCUT2D eigenvalue weighted by Gasteiger charge is -2.29. The minimum atomic E-state index is -0.194. The Bertz CT molecular complexity index is 201. The molecule has 0 aliphatic heterocycles. The molecule has 1 amide bonds. The van der Waals surface area contributed by atoms with Crippen LogP contribution in [0.4, 0.5) is 4.79 Å². The van der Waals surface area contributed by atoms with E-state index in [9.17, 15) is 4.79 Å². The number of hydrogen-bond donors (Lipinski definition) is 1. The van der Waals surface area contributed by atoms with Crippen molar-refractivity contribution in [3.05, 3.63) is 0 Å². The molecule has 4 heteroatoms. The van der Waals surface area contributed by atoms with Crippen LogP contribution < -0.4 is 5.73 Å². The molecule has 1 fully saturated rings. The van der Waals surface area contributed by atoms with Gasteiger partial charge in [-0.2, -0.15) is 0 Å². The summed E-state index contributed by atoms with van der Waals surface area (Å²) in [7, 11) is 1.45. The zero-order valence-electron chi connectivity index (χ0n) is 10.3. The number of ether oxygens (including phenoxy) is 1. The van der Waals surface area contributed by atoms with Crippen LogP contribution in [0.25, 0.3) is 0 Å². The van der Waals surface area contributed by atoms with Gasteiger partial charge in [-0.1, -0.05) is 25.7 Å².